The van der Waals surface area contributed by atoms with Crippen molar-refractivity contribution in [3.05, 3.63) is 35.6 Å². The Bertz CT molecular complexity index is 559. The van der Waals surface area contributed by atoms with Crippen LogP contribution >= 0.6 is 0 Å². The first-order chi connectivity index (χ1) is 10.1. The lowest BCUT2D eigenvalue weighted by molar-refractivity contribution is 0.00458. The summed E-state index contributed by atoms with van der Waals surface area (Å²) in [6, 6.07) is 5.19. The van der Waals surface area contributed by atoms with E-state index < -0.39 is 29.2 Å². The molecule has 0 aromatic heterocycles. The number of nitrogens with zero attached hydrogens (tertiary/aromatic N) is 1. The quantitative estimate of drug-likeness (QED) is 0.878. The van der Waals surface area contributed by atoms with Gasteiger partial charge in [0.15, 0.2) is 0 Å². The van der Waals surface area contributed by atoms with Gasteiger partial charge < -0.3 is 20.5 Å². The highest BCUT2D eigenvalue weighted by atomic mass is 19.1. The monoisotopic (exact) mass is 310 g/mol. The molecule has 1 aromatic rings. The first-order valence-corrected chi connectivity index (χ1v) is 7.33. The van der Waals surface area contributed by atoms with Crippen LogP contribution in [0.4, 0.5) is 9.18 Å². The molecule has 0 saturated carbocycles. The van der Waals surface area contributed by atoms with E-state index in [1.165, 1.54) is 11.0 Å². The van der Waals surface area contributed by atoms with Crippen LogP contribution in [0.5, 0.6) is 0 Å². The number of hydrogen-bond acceptors (Lipinski definition) is 4. The zero-order valence-corrected chi connectivity index (χ0v) is 13.2. The number of amides is 1. The van der Waals surface area contributed by atoms with Crippen LogP contribution in [-0.2, 0) is 4.74 Å². The predicted octanol–water partition coefficient (Wildman–Crippen LogP) is 2.20. The molecule has 0 spiro atoms. The molecule has 1 aliphatic rings. The molecule has 2 unspecified atom stereocenters. The van der Waals surface area contributed by atoms with Crippen molar-refractivity contribution in [3.63, 3.8) is 0 Å². The molecule has 0 aliphatic carbocycles. The van der Waals surface area contributed by atoms with Crippen LogP contribution in [0, 0.1) is 5.82 Å². The van der Waals surface area contributed by atoms with Gasteiger partial charge in [0.05, 0.1) is 12.6 Å². The second-order valence-corrected chi connectivity index (χ2v) is 6.75. The molecular formula is C16H23FN2O3. The standard InChI is InChI=1S/C16H23FN2O3/c1-15(2,3)22-14(20)19-9-8-16(21,10-19)13(18)11-6-4-5-7-12(11)17/h4-7,13,21H,8-10,18H2,1-3H3. The summed E-state index contributed by atoms with van der Waals surface area (Å²) in [5, 5.41) is 10.7. The Morgan fingerprint density at radius 2 is 2.09 bits per heavy atom. The van der Waals surface area contributed by atoms with Gasteiger partial charge in [-0.25, -0.2) is 9.18 Å². The van der Waals surface area contributed by atoms with Crippen molar-refractivity contribution >= 4 is 6.09 Å². The fourth-order valence-electron chi connectivity index (χ4n) is 2.57. The molecule has 6 heteroatoms. The number of aliphatic hydroxyl groups is 1. The maximum absolute atomic E-state index is 13.8. The molecule has 1 heterocycles. The summed E-state index contributed by atoms with van der Waals surface area (Å²) in [5.41, 5.74) is 4.33. The van der Waals surface area contributed by atoms with Gasteiger partial charge >= 0.3 is 6.09 Å². The number of ether oxygens (including phenoxy) is 1. The topological polar surface area (TPSA) is 75.8 Å². The third kappa shape index (κ3) is 3.56. The Morgan fingerprint density at radius 1 is 1.45 bits per heavy atom. The van der Waals surface area contributed by atoms with Gasteiger partial charge in [-0.3, -0.25) is 0 Å². The fraction of sp³-hybridized carbons (Fsp3) is 0.562. The summed E-state index contributed by atoms with van der Waals surface area (Å²) in [4.78, 5) is 13.5. The van der Waals surface area contributed by atoms with Gasteiger partial charge in [0.2, 0.25) is 0 Å². The minimum atomic E-state index is -1.36. The maximum atomic E-state index is 13.8. The summed E-state index contributed by atoms with van der Waals surface area (Å²) in [7, 11) is 0. The Kier molecular flexibility index (Phi) is 4.44. The van der Waals surface area contributed by atoms with Crippen LogP contribution in [0.25, 0.3) is 0 Å². The van der Waals surface area contributed by atoms with Crippen molar-refractivity contribution in [1.82, 2.24) is 4.90 Å². The lowest BCUT2D eigenvalue weighted by atomic mass is 9.88. The number of likely N-dealkylation sites (tertiary alicyclic amines) is 1. The molecular weight excluding hydrogens is 287 g/mol. The van der Waals surface area contributed by atoms with Gasteiger partial charge in [-0.15, -0.1) is 0 Å². The van der Waals surface area contributed by atoms with Crippen LogP contribution in [-0.4, -0.2) is 40.4 Å². The number of halogens is 1. The van der Waals surface area contributed by atoms with E-state index in [-0.39, 0.29) is 18.5 Å². The minimum absolute atomic E-state index is 0.0252. The second kappa shape index (κ2) is 5.85. The molecule has 1 fully saturated rings. The molecule has 2 rings (SSSR count). The Labute approximate surface area is 129 Å². The van der Waals surface area contributed by atoms with E-state index in [0.717, 1.165) is 0 Å². The van der Waals surface area contributed by atoms with Crippen molar-refractivity contribution < 1.29 is 19.0 Å². The minimum Gasteiger partial charge on any atom is -0.444 e. The summed E-state index contributed by atoms with van der Waals surface area (Å²) < 4.78 is 19.1. The number of nitrogens with two attached hydrogens (primary N) is 1. The number of benzene rings is 1. The molecule has 0 radical (unpaired) electrons. The lowest BCUT2D eigenvalue weighted by Gasteiger charge is -2.31. The third-order valence-electron chi connectivity index (χ3n) is 3.75. The molecule has 0 bridgehead atoms. The Balaban J connectivity index is 2.10. The largest absolute Gasteiger partial charge is 0.444 e. The predicted molar refractivity (Wildman–Crippen MR) is 80.7 cm³/mol. The van der Waals surface area contributed by atoms with Gasteiger partial charge in [-0.05, 0) is 33.3 Å². The van der Waals surface area contributed by atoms with E-state index in [2.05, 4.69) is 0 Å². The van der Waals surface area contributed by atoms with Crippen LogP contribution < -0.4 is 5.73 Å². The number of carbonyl (C=O) groups is 1. The average molecular weight is 310 g/mol. The van der Waals surface area contributed by atoms with E-state index in [1.807, 2.05) is 0 Å². The molecule has 2 atom stereocenters. The first-order valence-electron chi connectivity index (χ1n) is 7.33. The van der Waals surface area contributed by atoms with E-state index >= 15 is 0 Å². The highest BCUT2D eigenvalue weighted by Crippen LogP contribution is 2.34. The van der Waals surface area contributed by atoms with Gasteiger partial charge in [-0.1, -0.05) is 18.2 Å². The average Bonchev–Trinajstić information content (AvgIpc) is 2.81. The van der Waals surface area contributed by atoms with E-state index in [4.69, 9.17) is 10.5 Å². The number of rotatable bonds is 2. The van der Waals surface area contributed by atoms with Crippen LogP contribution in [0.2, 0.25) is 0 Å². The summed E-state index contributed by atoms with van der Waals surface area (Å²) in [6.45, 7) is 5.68. The SMILES string of the molecule is CC(C)(C)OC(=O)N1CCC(O)(C(N)c2ccccc2F)C1. The first kappa shape index (κ1) is 16.7. The number of β-amino-alcohol motifs (C(OH)–C–C–N with tert-alkyl or cyclic N) is 1. The highest BCUT2D eigenvalue weighted by Gasteiger charge is 2.45. The number of hydrogen-bond donors (Lipinski definition) is 2. The van der Waals surface area contributed by atoms with Crippen molar-refractivity contribution in [1.29, 1.82) is 0 Å². The summed E-state index contributed by atoms with van der Waals surface area (Å²) >= 11 is 0. The molecule has 122 valence electrons. The molecule has 22 heavy (non-hydrogen) atoms. The normalized spacial score (nSPS) is 23.5. The second-order valence-electron chi connectivity index (χ2n) is 6.75. The van der Waals surface area contributed by atoms with Gasteiger partial charge in [0, 0.05) is 12.1 Å². The summed E-state index contributed by atoms with van der Waals surface area (Å²) in [5.74, 6) is -0.459. The number of carbonyl (C=O) groups excluding carboxylic acids is 1. The molecule has 3 N–H and O–H groups in total. The van der Waals surface area contributed by atoms with E-state index in [1.54, 1.807) is 39.0 Å². The smallest absolute Gasteiger partial charge is 0.410 e. The molecule has 1 amide bonds. The molecule has 1 aliphatic heterocycles. The molecule has 1 aromatic carbocycles. The van der Waals surface area contributed by atoms with Crippen molar-refractivity contribution in [2.45, 2.75) is 44.4 Å². The van der Waals surface area contributed by atoms with Gasteiger partial charge in [0.25, 0.3) is 0 Å². The lowest BCUT2D eigenvalue weighted by Crippen LogP contribution is -2.45. The molecule has 5 nitrogen and oxygen atoms in total. The zero-order valence-electron chi connectivity index (χ0n) is 13.2. The Morgan fingerprint density at radius 3 is 2.68 bits per heavy atom. The van der Waals surface area contributed by atoms with Crippen LogP contribution in [0.3, 0.4) is 0 Å². The maximum Gasteiger partial charge on any atom is 0.410 e. The van der Waals surface area contributed by atoms with Crippen LogP contribution in [0.15, 0.2) is 24.3 Å². The van der Waals surface area contributed by atoms with Crippen molar-refractivity contribution in [2.24, 2.45) is 5.73 Å². The molecule has 1 saturated heterocycles. The van der Waals surface area contributed by atoms with Gasteiger partial charge in [-0.2, -0.15) is 0 Å². The Hall–Kier alpha value is -1.66. The zero-order chi connectivity index (χ0) is 16.5. The van der Waals surface area contributed by atoms with E-state index in [0.29, 0.717) is 6.54 Å². The van der Waals surface area contributed by atoms with E-state index in [9.17, 15) is 14.3 Å². The van der Waals surface area contributed by atoms with Crippen LogP contribution in [0.1, 0.15) is 38.8 Å². The van der Waals surface area contributed by atoms with Crippen molar-refractivity contribution in [2.75, 3.05) is 13.1 Å². The van der Waals surface area contributed by atoms with Gasteiger partial charge in [0.1, 0.15) is 17.0 Å². The summed E-state index contributed by atoms with van der Waals surface area (Å²) in [6.07, 6.45) is -0.217. The third-order valence-corrected chi connectivity index (χ3v) is 3.75. The fourth-order valence-corrected chi connectivity index (χ4v) is 2.57. The van der Waals surface area contributed by atoms with Crippen molar-refractivity contribution in [3.8, 4) is 0 Å². The highest BCUT2D eigenvalue weighted by molar-refractivity contribution is 5.68.